The second-order valence-corrected chi connectivity index (χ2v) is 8.07. The molecule has 4 heteroatoms. The van der Waals surface area contributed by atoms with Gasteiger partial charge in [0.25, 0.3) is 0 Å². The first-order valence-electron chi connectivity index (χ1n) is 10.8. The summed E-state index contributed by atoms with van der Waals surface area (Å²) in [5.74, 6) is 1.64. The molecule has 5 aromatic rings. The molecule has 6 rings (SSSR count). The molecular weight excluding hydrogens is 392 g/mol. The molecule has 0 spiro atoms. The number of hydrogen-bond donors (Lipinski definition) is 1. The van der Waals surface area contributed by atoms with Crippen LogP contribution in [0.25, 0.3) is 21.8 Å². The monoisotopic (exact) mass is 414 g/mol. The number of hydrogen-bond acceptors (Lipinski definition) is 3. The van der Waals surface area contributed by atoms with Crippen molar-refractivity contribution in [1.29, 1.82) is 0 Å². The predicted octanol–water partition coefficient (Wildman–Crippen LogP) is 6.06. The van der Waals surface area contributed by atoms with Crippen molar-refractivity contribution in [3.63, 3.8) is 0 Å². The Hall–Kier alpha value is -4.18. The molecule has 0 atom stereocenters. The van der Waals surface area contributed by atoms with Crippen LogP contribution in [-0.2, 0) is 0 Å². The van der Waals surface area contributed by atoms with Crippen molar-refractivity contribution in [3.8, 4) is 0 Å². The minimum atomic E-state index is -0.410. The highest BCUT2D eigenvalue weighted by Gasteiger charge is 2.23. The molecule has 1 aliphatic heterocycles. The zero-order valence-corrected chi connectivity index (χ0v) is 17.7. The lowest BCUT2D eigenvalue weighted by molar-refractivity contribution is 0.575. The second kappa shape index (κ2) is 7.50. The first-order valence-corrected chi connectivity index (χ1v) is 10.8. The number of amidine groups is 2. The molecule has 1 aromatic heterocycles. The number of fused-ring (bicyclic) bond motifs is 3. The summed E-state index contributed by atoms with van der Waals surface area (Å²) >= 11 is 0. The molecule has 0 fully saturated rings. The summed E-state index contributed by atoms with van der Waals surface area (Å²) in [4.78, 5) is 10.1. The lowest BCUT2D eigenvalue weighted by Crippen LogP contribution is -2.36. The van der Waals surface area contributed by atoms with Crippen molar-refractivity contribution in [3.05, 3.63) is 120 Å². The van der Waals surface area contributed by atoms with Crippen LogP contribution in [0.5, 0.6) is 0 Å². The molecule has 154 valence electrons. The average molecular weight is 415 g/mol. The number of aliphatic imine (C=N–C) groups is 2. The van der Waals surface area contributed by atoms with Crippen LogP contribution < -0.4 is 5.32 Å². The van der Waals surface area contributed by atoms with Crippen LogP contribution in [0.2, 0.25) is 0 Å². The minimum Gasteiger partial charge on any atom is -0.324 e. The summed E-state index contributed by atoms with van der Waals surface area (Å²) in [6, 6.07) is 35.6. The first kappa shape index (κ1) is 18.6. The lowest BCUT2D eigenvalue weighted by atomic mass is 10.1. The number of rotatable bonds is 3. The number of aromatic nitrogens is 1. The fourth-order valence-corrected chi connectivity index (χ4v) is 4.40. The van der Waals surface area contributed by atoms with Gasteiger partial charge in [0.15, 0.2) is 0 Å². The van der Waals surface area contributed by atoms with Gasteiger partial charge in [-0.2, -0.15) is 0 Å². The molecule has 0 aliphatic carbocycles. The summed E-state index contributed by atoms with van der Waals surface area (Å²) in [6.45, 7) is 2.13. The Morgan fingerprint density at radius 1 is 0.625 bits per heavy atom. The van der Waals surface area contributed by atoms with Gasteiger partial charge in [0, 0.05) is 21.9 Å². The van der Waals surface area contributed by atoms with E-state index in [1.54, 1.807) is 0 Å². The Bertz CT molecular complexity index is 1440. The first-order chi connectivity index (χ1) is 15.8. The number of para-hydroxylation sites is 1. The van der Waals surface area contributed by atoms with Gasteiger partial charge in [0.2, 0.25) is 6.29 Å². The van der Waals surface area contributed by atoms with E-state index in [-0.39, 0.29) is 0 Å². The lowest BCUT2D eigenvalue weighted by Gasteiger charge is -2.24. The normalized spacial score (nSPS) is 14.3. The average Bonchev–Trinajstić information content (AvgIpc) is 3.18. The van der Waals surface area contributed by atoms with E-state index in [4.69, 9.17) is 9.98 Å². The van der Waals surface area contributed by atoms with Crippen molar-refractivity contribution in [2.24, 2.45) is 9.98 Å². The van der Waals surface area contributed by atoms with E-state index >= 15 is 0 Å². The Balaban J connectivity index is 1.61. The standard InChI is InChI=1S/C28H22N4/c1-19-16-17-25-23(18-19)22-14-8-9-15-24(22)32(25)28-30-26(20-10-4-2-5-11-20)29-27(31-28)21-12-6-3-7-13-21/h2-18,28H,1H3,(H,29,30,31). The van der Waals surface area contributed by atoms with Gasteiger partial charge in [-0.25, -0.2) is 9.98 Å². The Labute approximate surface area is 186 Å². The van der Waals surface area contributed by atoms with Crippen molar-refractivity contribution >= 4 is 33.5 Å². The van der Waals surface area contributed by atoms with Crippen LogP contribution >= 0.6 is 0 Å². The summed E-state index contributed by atoms with van der Waals surface area (Å²) in [5.41, 5.74) is 5.59. The van der Waals surface area contributed by atoms with Crippen molar-refractivity contribution in [1.82, 2.24) is 9.88 Å². The van der Waals surface area contributed by atoms with Crippen LogP contribution in [0.15, 0.2) is 113 Å². The second-order valence-electron chi connectivity index (χ2n) is 8.07. The number of nitrogens with one attached hydrogen (secondary N) is 1. The summed E-state index contributed by atoms with van der Waals surface area (Å²) in [6.07, 6.45) is -0.410. The third kappa shape index (κ3) is 3.08. The molecule has 0 unspecified atom stereocenters. The topological polar surface area (TPSA) is 41.7 Å². The molecule has 0 saturated carbocycles. The highest BCUT2D eigenvalue weighted by atomic mass is 15.3. The van der Waals surface area contributed by atoms with E-state index in [1.807, 2.05) is 36.4 Å². The molecular formula is C28H22N4. The summed E-state index contributed by atoms with van der Waals surface area (Å²) in [5, 5.41) is 5.92. The van der Waals surface area contributed by atoms with E-state index in [9.17, 15) is 0 Å². The zero-order valence-electron chi connectivity index (χ0n) is 17.7. The summed E-state index contributed by atoms with van der Waals surface area (Å²) in [7, 11) is 0. The highest BCUT2D eigenvalue weighted by Crippen LogP contribution is 2.34. The molecule has 32 heavy (non-hydrogen) atoms. The van der Waals surface area contributed by atoms with Gasteiger partial charge in [0.1, 0.15) is 11.7 Å². The molecule has 0 radical (unpaired) electrons. The minimum absolute atomic E-state index is 0.410. The number of nitrogens with zero attached hydrogens (tertiary/aromatic N) is 3. The van der Waals surface area contributed by atoms with Gasteiger partial charge >= 0.3 is 0 Å². The molecule has 0 saturated heterocycles. The number of aryl methyl sites for hydroxylation is 1. The van der Waals surface area contributed by atoms with Crippen LogP contribution in [0.3, 0.4) is 0 Å². The molecule has 1 N–H and O–H groups in total. The van der Waals surface area contributed by atoms with E-state index in [2.05, 4.69) is 83.5 Å². The third-order valence-corrected chi connectivity index (χ3v) is 5.92. The Kier molecular flexibility index (Phi) is 4.36. The van der Waals surface area contributed by atoms with Crippen LogP contribution in [0.4, 0.5) is 0 Å². The zero-order chi connectivity index (χ0) is 21.5. The maximum atomic E-state index is 5.07. The maximum Gasteiger partial charge on any atom is 0.224 e. The molecule has 2 heterocycles. The van der Waals surface area contributed by atoms with Crippen LogP contribution in [-0.4, -0.2) is 16.2 Å². The van der Waals surface area contributed by atoms with Gasteiger partial charge < -0.3 is 5.32 Å². The predicted molar refractivity (Wildman–Crippen MR) is 132 cm³/mol. The Morgan fingerprint density at radius 3 is 1.84 bits per heavy atom. The highest BCUT2D eigenvalue weighted by molar-refractivity contribution is 6.16. The van der Waals surface area contributed by atoms with E-state index in [0.29, 0.717) is 0 Å². The fourth-order valence-electron chi connectivity index (χ4n) is 4.40. The van der Waals surface area contributed by atoms with Crippen LogP contribution in [0.1, 0.15) is 23.0 Å². The SMILES string of the molecule is Cc1ccc2c(c1)c1ccccc1n2C1N=C(c2ccccc2)NC(c2ccccc2)=N1. The van der Waals surface area contributed by atoms with E-state index < -0.39 is 6.29 Å². The van der Waals surface area contributed by atoms with E-state index in [1.165, 1.54) is 16.3 Å². The van der Waals surface area contributed by atoms with Crippen molar-refractivity contribution in [2.75, 3.05) is 0 Å². The van der Waals surface area contributed by atoms with Crippen molar-refractivity contribution < 1.29 is 0 Å². The largest absolute Gasteiger partial charge is 0.324 e. The third-order valence-electron chi connectivity index (χ3n) is 5.92. The molecule has 0 bridgehead atoms. The van der Waals surface area contributed by atoms with Gasteiger partial charge in [-0.05, 0) is 25.1 Å². The smallest absolute Gasteiger partial charge is 0.224 e. The van der Waals surface area contributed by atoms with Crippen molar-refractivity contribution in [2.45, 2.75) is 13.2 Å². The Morgan fingerprint density at radius 2 is 1.19 bits per heavy atom. The fraction of sp³-hybridized carbons (Fsp3) is 0.0714. The van der Waals surface area contributed by atoms with Gasteiger partial charge in [0.05, 0.1) is 11.0 Å². The number of benzene rings is 4. The molecule has 4 nitrogen and oxygen atoms in total. The van der Waals surface area contributed by atoms with E-state index in [0.717, 1.165) is 33.8 Å². The maximum absolute atomic E-state index is 5.07. The van der Waals surface area contributed by atoms with Crippen LogP contribution in [0, 0.1) is 6.92 Å². The summed E-state index contributed by atoms with van der Waals surface area (Å²) < 4.78 is 2.25. The van der Waals surface area contributed by atoms with Gasteiger partial charge in [-0.15, -0.1) is 0 Å². The van der Waals surface area contributed by atoms with Gasteiger partial charge in [-0.1, -0.05) is 90.5 Å². The quantitative estimate of drug-likeness (QED) is 0.383. The molecule has 0 amide bonds. The molecule has 1 aliphatic rings. The molecule has 4 aromatic carbocycles. The van der Waals surface area contributed by atoms with Gasteiger partial charge in [-0.3, -0.25) is 4.57 Å².